The molecular weight excluding hydrogens is 607 g/mol. The third-order valence-corrected chi connectivity index (χ3v) is 7.49. The van der Waals surface area contributed by atoms with Gasteiger partial charge in [-0.3, -0.25) is 9.59 Å². The van der Waals surface area contributed by atoms with Gasteiger partial charge in [-0.1, -0.05) is 36.0 Å². The molecule has 10 nitrogen and oxygen atoms in total. The van der Waals surface area contributed by atoms with E-state index in [1.165, 1.54) is 30.2 Å². The number of anilines is 2. The first-order chi connectivity index (χ1) is 19.0. The number of pyridine rings is 2. The molecule has 0 aliphatic carbocycles. The second kappa shape index (κ2) is 15.5. The minimum absolute atomic E-state index is 0. The van der Waals surface area contributed by atoms with Crippen LogP contribution in [0.15, 0.2) is 76.9 Å². The first-order valence-electron chi connectivity index (χ1n) is 12.4. The highest BCUT2D eigenvalue weighted by Gasteiger charge is 2.27. The fourth-order valence-electron chi connectivity index (χ4n) is 3.99. The number of esters is 1. The van der Waals surface area contributed by atoms with Gasteiger partial charge in [-0.25, -0.2) is 15.0 Å². The van der Waals surface area contributed by atoms with Crippen LogP contribution in [0.25, 0.3) is 0 Å². The molecule has 3 aromatic heterocycles. The van der Waals surface area contributed by atoms with Gasteiger partial charge in [-0.15, -0.1) is 24.8 Å². The summed E-state index contributed by atoms with van der Waals surface area (Å²) in [6, 6.07) is 17.2. The number of nitrogens with zero attached hydrogens (tertiary/aromatic N) is 5. The Morgan fingerprint density at radius 1 is 1.07 bits per heavy atom. The van der Waals surface area contributed by atoms with Crippen molar-refractivity contribution in [3.05, 3.63) is 72.8 Å². The zero-order chi connectivity index (χ0) is 27.0. The molecule has 0 spiro atoms. The van der Waals surface area contributed by atoms with E-state index in [-0.39, 0.29) is 43.2 Å². The molecule has 4 heterocycles. The number of para-hydroxylation sites is 1. The maximum absolute atomic E-state index is 12.2. The van der Waals surface area contributed by atoms with Gasteiger partial charge < -0.3 is 19.7 Å². The molecule has 216 valence electrons. The predicted octanol–water partition coefficient (Wildman–Crippen LogP) is 6.13. The van der Waals surface area contributed by atoms with Crippen LogP contribution >= 0.6 is 48.1 Å². The van der Waals surface area contributed by atoms with Gasteiger partial charge >= 0.3 is 5.97 Å². The summed E-state index contributed by atoms with van der Waals surface area (Å²) in [6.45, 7) is 2.21. The van der Waals surface area contributed by atoms with Crippen molar-refractivity contribution in [2.75, 3.05) is 25.0 Å². The summed E-state index contributed by atoms with van der Waals surface area (Å²) in [5, 5.41) is 4.73. The molecule has 41 heavy (non-hydrogen) atoms. The maximum Gasteiger partial charge on any atom is 0.303 e. The molecule has 0 bridgehead atoms. The van der Waals surface area contributed by atoms with Crippen molar-refractivity contribution in [2.24, 2.45) is 0 Å². The zero-order valence-corrected chi connectivity index (χ0v) is 25.2. The number of aromatic nitrogens is 4. The maximum atomic E-state index is 12.2. The number of halogens is 2. The number of carbonyl (C=O) groups excluding carboxylic acids is 2. The van der Waals surface area contributed by atoms with E-state index >= 15 is 0 Å². The van der Waals surface area contributed by atoms with E-state index in [4.69, 9.17) is 14.5 Å². The summed E-state index contributed by atoms with van der Waals surface area (Å²) in [4.78, 5) is 39.5. The summed E-state index contributed by atoms with van der Waals surface area (Å²) in [7, 11) is 0. The standard InChI is InChI=1S/C27H26N6O4S2.2ClH/c1-18(34)36-17-24(35)33-13-10-19(11-14-33)25-30-27(39-32-25)31-26-22(37-20-7-3-2-4-8-20)15-21(16-29-26)38-23-9-5-6-12-28-23;;/h2-9,12,15-16,19H,10-11,13-14,17H2,1H3,(H,29,30,31,32);2*1H. The van der Waals surface area contributed by atoms with Gasteiger partial charge in [0.2, 0.25) is 5.13 Å². The first kappa shape index (κ1) is 32.1. The molecule has 1 N–H and O–H groups in total. The van der Waals surface area contributed by atoms with Crippen molar-refractivity contribution in [2.45, 2.75) is 35.6 Å². The van der Waals surface area contributed by atoms with E-state index in [1.807, 2.05) is 54.6 Å². The SMILES string of the molecule is CC(=O)OCC(=O)N1CCC(c2nsc(Nc3ncc(Sc4ccccn4)cc3Oc3ccccc3)n2)CC1.Cl.Cl. The van der Waals surface area contributed by atoms with Crippen LogP contribution in [0.1, 0.15) is 31.5 Å². The zero-order valence-electron chi connectivity index (χ0n) is 22.0. The fraction of sp³-hybridized carbons (Fsp3) is 0.259. The van der Waals surface area contributed by atoms with Crippen LogP contribution in [0.5, 0.6) is 11.5 Å². The normalized spacial score (nSPS) is 13.0. The number of carbonyl (C=O) groups is 2. The first-order valence-corrected chi connectivity index (χ1v) is 14.0. The third kappa shape index (κ3) is 9.02. The molecule has 1 fully saturated rings. The third-order valence-electron chi connectivity index (χ3n) is 5.94. The number of ether oxygens (including phenoxy) is 2. The van der Waals surface area contributed by atoms with E-state index in [1.54, 1.807) is 17.3 Å². The van der Waals surface area contributed by atoms with Crippen LogP contribution in [-0.4, -0.2) is 55.8 Å². The van der Waals surface area contributed by atoms with Crippen LogP contribution in [0.4, 0.5) is 10.9 Å². The van der Waals surface area contributed by atoms with Crippen LogP contribution in [0.2, 0.25) is 0 Å². The Kier molecular flexibility index (Phi) is 12.1. The molecule has 1 aliphatic rings. The molecular formula is C27H28Cl2N6O4S2. The minimum Gasteiger partial charge on any atom is -0.456 e. The Hall–Kier alpha value is -3.45. The van der Waals surface area contributed by atoms with Crippen LogP contribution in [0, 0.1) is 0 Å². The Bertz CT molecular complexity index is 1420. The van der Waals surface area contributed by atoms with Crippen molar-refractivity contribution in [1.82, 2.24) is 24.2 Å². The lowest BCUT2D eigenvalue weighted by atomic mass is 9.96. The monoisotopic (exact) mass is 634 g/mol. The van der Waals surface area contributed by atoms with Gasteiger partial charge in [-0.2, -0.15) is 4.37 Å². The summed E-state index contributed by atoms with van der Waals surface area (Å²) in [6.07, 6.45) is 5.00. The molecule has 0 unspecified atom stereocenters. The molecule has 0 atom stereocenters. The van der Waals surface area contributed by atoms with E-state index in [0.29, 0.717) is 35.5 Å². The molecule has 1 aromatic carbocycles. The molecule has 0 radical (unpaired) electrons. The van der Waals surface area contributed by atoms with E-state index in [0.717, 1.165) is 28.6 Å². The number of likely N-dealkylation sites (tertiary alicyclic amines) is 1. The summed E-state index contributed by atoms with van der Waals surface area (Å²) < 4.78 is 15.6. The molecule has 0 saturated carbocycles. The van der Waals surface area contributed by atoms with E-state index in [9.17, 15) is 9.59 Å². The highest BCUT2D eigenvalue weighted by atomic mass is 35.5. The van der Waals surface area contributed by atoms with Gasteiger partial charge in [0, 0.05) is 60.8 Å². The van der Waals surface area contributed by atoms with Crippen molar-refractivity contribution < 1.29 is 19.1 Å². The molecule has 1 saturated heterocycles. The second-order valence-corrected chi connectivity index (χ2v) is 10.6. The van der Waals surface area contributed by atoms with Gasteiger partial charge in [0.25, 0.3) is 5.91 Å². The lowest BCUT2D eigenvalue weighted by Gasteiger charge is -2.30. The van der Waals surface area contributed by atoms with Crippen LogP contribution < -0.4 is 10.1 Å². The number of amides is 1. The Morgan fingerprint density at radius 3 is 2.54 bits per heavy atom. The minimum atomic E-state index is -0.460. The van der Waals surface area contributed by atoms with Crippen molar-refractivity contribution in [3.63, 3.8) is 0 Å². The average Bonchev–Trinajstić information content (AvgIpc) is 3.43. The number of hydrogen-bond acceptors (Lipinski definition) is 11. The predicted molar refractivity (Wildman–Crippen MR) is 162 cm³/mol. The number of rotatable bonds is 9. The second-order valence-electron chi connectivity index (χ2n) is 8.72. The quantitative estimate of drug-likeness (QED) is 0.215. The lowest BCUT2D eigenvalue weighted by molar-refractivity contribution is -0.150. The summed E-state index contributed by atoms with van der Waals surface area (Å²) in [5.74, 6) is 2.01. The summed E-state index contributed by atoms with van der Waals surface area (Å²) in [5.41, 5.74) is 0. The van der Waals surface area contributed by atoms with Crippen molar-refractivity contribution >= 4 is 70.9 Å². The van der Waals surface area contributed by atoms with E-state index < -0.39 is 5.97 Å². The fourth-order valence-corrected chi connectivity index (χ4v) is 5.41. The average molecular weight is 636 g/mol. The van der Waals surface area contributed by atoms with Gasteiger partial charge in [0.15, 0.2) is 18.2 Å². The van der Waals surface area contributed by atoms with Crippen LogP contribution in [-0.2, 0) is 14.3 Å². The number of benzene rings is 1. The highest BCUT2D eigenvalue weighted by Crippen LogP contribution is 2.36. The number of hydrogen-bond donors (Lipinski definition) is 1. The number of piperidine rings is 1. The number of nitrogens with one attached hydrogen (secondary N) is 1. The largest absolute Gasteiger partial charge is 0.456 e. The highest BCUT2D eigenvalue weighted by molar-refractivity contribution is 7.99. The molecule has 14 heteroatoms. The summed E-state index contributed by atoms with van der Waals surface area (Å²) >= 11 is 2.75. The smallest absolute Gasteiger partial charge is 0.303 e. The molecule has 1 aliphatic heterocycles. The Balaban J connectivity index is 0.00000231. The molecule has 1 amide bonds. The Morgan fingerprint density at radius 2 is 1.83 bits per heavy atom. The van der Waals surface area contributed by atoms with Gasteiger partial charge in [0.1, 0.15) is 16.6 Å². The van der Waals surface area contributed by atoms with Gasteiger partial charge in [0.05, 0.1) is 0 Å². The molecule has 5 rings (SSSR count). The van der Waals surface area contributed by atoms with E-state index in [2.05, 4.69) is 19.7 Å². The topological polar surface area (TPSA) is 119 Å². The lowest BCUT2D eigenvalue weighted by Crippen LogP contribution is -2.40. The molecule has 4 aromatic rings. The van der Waals surface area contributed by atoms with Crippen LogP contribution in [0.3, 0.4) is 0 Å². The van der Waals surface area contributed by atoms with Gasteiger partial charge in [-0.05, 0) is 37.1 Å². The van der Waals surface area contributed by atoms with Crippen molar-refractivity contribution in [1.29, 1.82) is 0 Å². The Labute approximate surface area is 258 Å². The van der Waals surface area contributed by atoms with Crippen molar-refractivity contribution in [3.8, 4) is 11.5 Å².